The Bertz CT molecular complexity index is 868. The van der Waals surface area contributed by atoms with Gasteiger partial charge in [0.25, 0.3) is 0 Å². The summed E-state index contributed by atoms with van der Waals surface area (Å²) in [6, 6.07) is 9.97. The SMILES string of the molecule is C[S+]([O-])N1CCC(CCCOc2coc(CN3Cc4ccccc4C3)cc2=O)CC1. The van der Waals surface area contributed by atoms with E-state index in [0.29, 0.717) is 30.6 Å². The summed E-state index contributed by atoms with van der Waals surface area (Å²) in [5.41, 5.74) is 2.56. The Balaban J connectivity index is 1.19. The second-order valence-corrected chi connectivity index (χ2v) is 9.64. The molecule has 0 spiro atoms. The van der Waals surface area contributed by atoms with Crippen LogP contribution >= 0.6 is 0 Å². The van der Waals surface area contributed by atoms with Gasteiger partial charge in [0.1, 0.15) is 18.3 Å². The maximum atomic E-state index is 12.4. The van der Waals surface area contributed by atoms with Crippen molar-refractivity contribution in [2.75, 3.05) is 26.0 Å². The van der Waals surface area contributed by atoms with Gasteiger partial charge in [-0.25, -0.2) is 0 Å². The van der Waals surface area contributed by atoms with Crippen molar-refractivity contribution in [2.24, 2.45) is 5.92 Å². The van der Waals surface area contributed by atoms with Crippen molar-refractivity contribution in [3.05, 3.63) is 63.7 Å². The van der Waals surface area contributed by atoms with Gasteiger partial charge in [-0.2, -0.15) is 0 Å². The molecule has 3 heterocycles. The minimum absolute atomic E-state index is 0.119. The summed E-state index contributed by atoms with van der Waals surface area (Å²) in [6.45, 7) is 4.71. The summed E-state index contributed by atoms with van der Waals surface area (Å²) in [4.78, 5) is 14.7. The lowest BCUT2D eigenvalue weighted by Gasteiger charge is -2.30. The molecule has 1 aromatic carbocycles. The molecule has 0 amide bonds. The molecule has 0 N–H and O–H groups in total. The molecule has 2 aliphatic heterocycles. The fourth-order valence-corrected chi connectivity index (χ4v) is 5.10. The van der Waals surface area contributed by atoms with E-state index in [2.05, 4.69) is 29.2 Å². The standard InChI is InChI=1S/C23H30N2O4S/c1-30(27)25-10-8-18(9-11-25)5-4-12-28-23-17-29-21(13-22(23)26)16-24-14-19-6-2-3-7-20(19)15-24/h2-3,6-7,13,17-18H,4-5,8-12,14-16H2,1H3. The summed E-state index contributed by atoms with van der Waals surface area (Å²) >= 11 is -0.856. The molecule has 1 atom stereocenters. The van der Waals surface area contributed by atoms with Gasteiger partial charge in [-0.1, -0.05) is 24.3 Å². The fourth-order valence-electron chi connectivity index (χ4n) is 4.37. The molecule has 2 aliphatic rings. The van der Waals surface area contributed by atoms with E-state index in [1.807, 2.05) is 4.31 Å². The van der Waals surface area contributed by atoms with Crippen molar-refractivity contribution in [3.63, 3.8) is 0 Å². The largest absolute Gasteiger partial charge is 0.598 e. The smallest absolute Gasteiger partial charge is 0.227 e. The third-order valence-corrected chi connectivity index (χ3v) is 7.18. The summed E-state index contributed by atoms with van der Waals surface area (Å²) in [5, 5.41) is 0. The van der Waals surface area contributed by atoms with Crippen molar-refractivity contribution >= 4 is 11.4 Å². The van der Waals surface area contributed by atoms with Crippen LogP contribution in [0.5, 0.6) is 5.75 Å². The van der Waals surface area contributed by atoms with Gasteiger partial charge in [0.2, 0.25) is 11.2 Å². The van der Waals surface area contributed by atoms with E-state index in [1.165, 1.54) is 17.4 Å². The zero-order valence-electron chi connectivity index (χ0n) is 17.5. The van der Waals surface area contributed by atoms with Crippen LogP contribution in [0.25, 0.3) is 0 Å². The molecule has 6 nitrogen and oxygen atoms in total. The average molecular weight is 431 g/mol. The van der Waals surface area contributed by atoms with Gasteiger partial charge in [0.05, 0.1) is 13.2 Å². The van der Waals surface area contributed by atoms with Crippen molar-refractivity contribution in [1.82, 2.24) is 9.21 Å². The number of nitrogens with zero attached hydrogens (tertiary/aromatic N) is 2. The lowest BCUT2D eigenvalue weighted by atomic mass is 9.93. The first-order valence-corrected chi connectivity index (χ1v) is 12.2. The van der Waals surface area contributed by atoms with Crippen LogP contribution < -0.4 is 10.2 Å². The van der Waals surface area contributed by atoms with Crippen molar-refractivity contribution in [3.8, 4) is 5.75 Å². The summed E-state index contributed by atoms with van der Waals surface area (Å²) in [5.74, 6) is 1.61. The Morgan fingerprint density at radius 1 is 1.20 bits per heavy atom. The first kappa shape index (κ1) is 21.4. The van der Waals surface area contributed by atoms with Crippen LogP contribution in [-0.2, 0) is 31.0 Å². The molecule has 2 aromatic rings. The maximum absolute atomic E-state index is 12.4. The van der Waals surface area contributed by atoms with Gasteiger partial charge in [0, 0.05) is 43.6 Å². The molecule has 0 aliphatic carbocycles. The number of ether oxygens (including phenoxy) is 1. The van der Waals surface area contributed by atoms with Gasteiger partial charge in [-0.15, -0.1) is 4.31 Å². The van der Waals surface area contributed by atoms with Gasteiger partial charge in [-0.05, 0) is 42.7 Å². The molecule has 162 valence electrons. The first-order valence-electron chi connectivity index (χ1n) is 10.7. The molecule has 0 saturated carbocycles. The second-order valence-electron chi connectivity index (χ2n) is 8.28. The lowest BCUT2D eigenvalue weighted by molar-refractivity contribution is 0.230. The monoisotopic (exact) mass is 430 g/mol. The van der Waals surface area contributed by atoms with E-state index in [0.717, 1.165) is 51.9 Å². The highest BCUT2D eigenvalue weighted by molar-refractivity contribution is 7.88. The summed E-state index contributed by atoms with van der Waals surface area (Å²) in [6.07, 6.45) is 7.34. The topological polar surface area (TPSA) is 69.0 Å². The molecular weight excluding hydrogens is 400 g/mol. The van der Waals surface area contributed by atoms with Crippen molar-refractivity contribution < 1.29 is 13.7 Å². The molecule has 1 saturated heterocycles. The van der Waals surface area contributed by atoms with E-state index in [1.54, 1.807) is 12.3 Å². The molecule has 1 fully saturated rings. The highest BCUT2D eigenvalue weighted by Gasteiger charge is 2.24. The Kier molecular flexibility index (Phi) is 7.15. The molecule has 1 aromatic heterocycles. The van der Waals surface area contributed by atoms with E-state index in [9.17, 15) is 9.35 Å². The zero-order valence-corrected chi connectivity index (χ0v) is 18.4. The second kappa shape index (κ2) is 10.0. The van der Waals surface area contributed by atoms with Crippen LogP contribution in [0.2, 0.25) is 0 Å². The van der Waals surface area contributed by atoms with Crippen LogP contribution in [0.1, 0.15) is 42.6 Å². The number of piperidine rings is 1. The first-order chi connectivity index (χ1) is 14.6. The maximum Gasteiger partial charge on any atom is 0.227 e. The van der Waals surface area contributed by atoms with Gasteiger partial charge >= 0.3 is 0 Å². The third kappa shape index (κ3) is 5.46. The highest BCUT2D eigenvalue weighted by atomic mass is 32.2. The molecule has 30 heavy (non-hydrogen) atoms. The van der Waals surface area contributed by atoms with E-state index >= 15 is 0 Å². The minimum Gasteiger partial charge on any atom is -0.598 e. The summed E-state index contributed by atoms with van der Waals surface area (Å²) < 4.78 is 24.9. The molecule has 1 unspecified atom stereocenters. The number of hydrogen-bond acceptors (Lipinski definition) is 6. The Morgan fingerprint density at radius 2 is 1.90 bits per heavy atom. The van der Waals surface area contributed by atoms with Crippen molar-refractivity contribution in [1.29, 1.82) is 0 Å². The van der Waals surface area contributed by atoms with Gasteiger partial charge in [0.15, 0.2) is 0 Å². The number of fused-ring (bicyclic) bond motifs is 1. The van der Waals surface area contributed by atoms with Crippen LogP contribution in [-0.4, -0.2) is 39.7 Å². The fraction of sp³-hybridized carbons (Fsp3) is 0.522. The van der Waals surface area contributed by atoms with Crippen LogP contribution in [0.4, 0.5) is 0 Å². The molecule has 0 radical (unpaired) electrons. The van der Waals surface area contributed by atoms with Gasteiger partial charge < -0.3 is 13.7 Å². The minimum atomic E-state index is -0.856. The predicted molar refractivity (Wildman–Crippen MR) is 117 cm³/mol. The van der Waals surface area contributed by atoms with Crippen LogP contribution in [0, 0.1) is 5.92 Å². The summed E-state index contributed by atoms with van der Waals surface area (Å²) in [7, 11) is 0. The molecule has 7 heteroatoms. The van der Waals surface area contributed by atoms with Gasteiger partial charge in [-0.3, -0.25) is 9.69 Å². The molecule has 4 rings (SSSR count). The van der Waals surface area contributed by atoms with E-state index in [-0.39, 0.29) is 5.43 Å². The quantitative estimate of drug-likeness (QED) is 0.473. The number of rotatable bonds is 8. The Hall–Kier alpha value is -1.80. The number of benzene rings is 1. The highest BCUT2D eigenvalue weighted by Crippen LogP contribution is 2.25. The van der Waals surface area contributed by atoms with Crippen LogP contribution in [0.3, 0.4) is 0 Å². The average Bonchev–Trinajstić information content (AvgIpc) is 3.15. The lowest BCUT2D eigenvalue weighted by Crippen LogP contribution is -2.37. The zero-order chi connectivity index (χ0) is 20.9. The molecule has 0 bridgehead atoms. The number of hydrogen-bond donors (Lipinski definition) is 0. The normalized spacial score (nSPS) is 19.0. The van der Waals surface area contributed by atoms with Crippen molar-refractivity contribution in [2.45, 2.75) is 45.3 Å². The Morgan fingerprint density at radius 3 is 2.53 bits per heavy atom. The van der Waals surface area contributed by atoms with E-state index < -0.39 is 11.4 Å². The Labute approximate surface area is 181 Å². The predicted octanol–water partition coefficient (Wildman–Crippen LogP) is 3.32. The molecular formula is C23H30N2O4S. The van der Waals surface area contributed by atoms with E-state index in [4.69, 9.17) is 9.15 Å². The van der Waals surface area contributed by atoms with Crippen LogP contribution in [0.15, 0.2) is 45.8 Å². The third-order valence-electron chi connectivity index (χ3n) is 6.09.